The molecule has 0 atom stereocenters. The van der Waals surface area contributed by atoms with Gasteiger partial charge in [-0.25, -0.2) is 0 Å². The zero-order valence-electron chi connectivity index (χ0n) is 9.14. The molecule has 1 N–H and O–H groups in total. The SMILES string of the molecule is Cc1nn(C)cc1C(=O)Nc1ccncc1. The monoisotopic (exact) mass is 216 g/mol. The van der Waals surface area contributed by atoms with Gasteiger partial charge in [0.05, 0.1) is 11.3 Å². The highest BCUT2D eigenvalue weighted by molar-refractivity contribution is 6.04. The third-order valence-electron chi connectivity index (χ3n) is 2.20. The molecule has 0 saturated carbocycles. The first-order chi connectivity index (χ1) is 7.66. The summed E-state index contributed by atoms with van der Waals surface area (Å²) in [7, 11) is 1.79. The first kappa shape index (κ1) is 10.4. The fourth-order valence-electron chi connectivity index (χ4n) is 1.46. The summed E-state index contributed by atoms with van der Waals surface area (Å²) in [5.74, 6) is -0.156. The Balaban J connectivity index is 2.18. The van der Waals surface area contributed by atoms with Crippen molar-refractivity contribution in [3.8, 4) is 0 Å². The van der Waals surface area contributed by atoms with Crippen molar-refractivity contribution in [3.63, 3.8) is 0 Å². The van der Waals surface area contributed by atoms with E-state index in [9.17, 15) is 4.79 Å². The summed E-state index contributed by atoms with van der Waals surface area (Å²) < 4.78 is 1.62. The highest BCUT2D eigenvalue weighted by Gasteiger charge is 2.12. The summed E-state index contributed by atoms with van der Waals surface area (Å²) in [6.07, 6.45) is 4.96. The molecule has 0 radical (unpaired) electrons. The molecule has 2 heterocycles. The molecule has 0 saturated heterocycles. The maximum absolute atomic E-state index is 11.9. The maximum Gasteiger partial charge on any atom is 0.259 e. The predicted octanol–water partition coefficient (Wildman–Crippen LogP) is 1.38. The second-order valence-electron chi connectivity index (χ2n) is 3.49. The first-order valence-corrected chi connectivity index (χ1v) is 4.88. The fourth-order valence-corrected chi connectivity index (χ4v) is 1.46. The molecule has 2 aromatic heterocycles. The quantitative estimate of drug-likeness (QED) is 0.824. The van der Waals surface area contributed by atoms with Crippen molar-refractivity contribution in [1.82, 2.24) is 14.8 Å². The molecule has 0 fully saturated rings. The van der Waals surface area contributed by atoms with E-state index in [1.807, 2.05) is 6.92 Å². The van der Waals surface area contributed by atoms with Gasteiger partial charge in [-0.2, -0.15) is 5.10 Å². The highest BCUT2D eigenvalue weighted by atomic mass is 16.1. The second-order valence-corrected chi connectivity index (χ2v) is 3.49. The first-order valence-electron chi connectivity index (χ1n) is 4.88. The minimum atomic E-state index is -0.156. The summed E-state index contributed by atoms with van der Waals surface area (Å²) in [4.78, 5) is 15.7. The van der Waals surface area contributed by atoms with Crippen LogP contribution in [0.3, 0.4) is 0 Å². The zero-order chi connectivity index (χ0) is 11.5. The van der Waals surface area contributed by atoms with Crippen LogP contribution in [-0.2, 0) is 7.05 Å². The maximum atomic E-state index is 11.9. The highest BCUT2D eigenvalue weighted by Crippen LogP contribution is 2.09. The molecule has 2 rings (SSSR count). The Morgan fingerprint density at radius 1 is 1.38 bits per heavy atom. The van der Waals surface area contributed by atoms with Crippen molar-refractivity contribution in [2.75, 3.05) is 5.32 Å². The average Bonchev–Trinajstić information content (AvgIpc) is 2.59. The van der Waals surface area contributed by atoms with Crippen molar-refractivity contribution < 1.29 is 4.79 Å². The van der Waals surface area contributed by atoms with Gasteiger partial charge in [0.15, 0.2) is 0 Å². The average molecular weight is 216 g/mol. The van der Waals surface area contributed by atoms with Crippen LogP contribution in [0, 0.1) is 6.92 Å². The molecule has 0 aliphatic rings. The Hall–Kier alpha value is -2.17. The third kappa shape index (κ3) is 2.08. The molecule has 5 heteroatoms. The number of nitrogens with zero attached hydrogens (tertiary/aromatic N) is 3. The Morgan fingerprint density at radius 2 is 2.06 bits per heavy atom. The molecule has 0 spiro atoms. The largest absolute Gasteiger partial charge is 0.322 e. The molecule has 0 aliphatic heterocycles. The van der Waals surface area contributed by atoms with Crippen LogP contribution >= 0.6 is 0 Å². The molecule has 0 aromatic carbocycles. The van der Waals surface area contributed by atoms with E-state index in [0.717, 1.165) is 5.69 Å². The van der Waals surface area contributed by atoms with E-state index >= 15 is 0 Å². The van der Waals surface area contributed by atoms with Gasteiger partial charge in [0.1, 0.15) is 0 Å². The summed E-state index contributed by atoms with van der Waals surface area (Å²) in [5.41, 5.74) is 2.02. The number of hydrogen-bond acceptors (Lipinski definition) is 3. The van der Waals surface area contributed by atoms with Crippen molar-refractivity contribution in [2.45, 2.75) is 6.92 Å². The van der Waals surface area contributed by atoms with E-state index in [1.165, 1.54) is 0 Å². The second kappa shape index (κ2) is 4.14. The lowest BCUT2D eigenvalue weighted by Gasteiger charge is -2.02. The van der Waals surface area contributed by atoms with Crippen LogP contribution in [0.1, 0.15) is 16.1 Å². The minimum Gasteiger partial charge on any atom is -0.322 e. The predicted molar refractivity (Wildman–Crippen MR) is 60.1 cm³/mol. The van der Waals surface area contributed by atoms with Crippen LogP contribution in [0.2, 0.25) is 0 Å². The van der Waals surface area contributed by atoms with Crippen LogP contribution in [0.4, 0.5) is 5.69 Å². The number of nitrogens with one attached hydrogen (secondary N) is 1. The molecule has 1 amide bonds. The Morgan fingerprint density at radius 3 is 2.62 bits per heavy atom. The molecule has 82 valence electrons. The van der Waals surface area contributed by atoms with Gasteiger partial charge in [-0.3, -0.25) is 14.5 Å². The molecular formula is C11H12N4O. The lowest BCUT2D eigenvalue weighted by molar-refractivity contribution is 0.102. The fraction of sp³-hybridized carbons (Fsp3) is 0.182. The van der Waals surface area contributed by atoms with E-state index in [0.29, 0.717) is 11.3 Å². The standard InChI is InChI=1S/C11H12N4O/c1-8-10(7-15(2)14-8)11(16)13-9-3-5-12-6-4-9/h3-7H,1-2H3,(H,12,13,16). The van der Waals surface area contributed by atoms with E-state index in [1.54, 1.807) is 42.5 Å². The van der Waals surface area contributed by atoms with E-state index in [-0.39, 0.29) is 5.91 Å². The van der Waals surface area contributed by atoms with Crippen molar-refractivity contribution in [1.29, 1.82) is 0 Å². The number of carbonyl (C=O) groups excluding carboxylic acids is 1. The number of pyridine rings is 1. The zero-order valence-corrected chi connectivity index (χ0v) is 9.14. The number of amides is 1. The topological polar surface area (TPSA) is 59.8 Å². The van der Waals surface area contributed by atoms with Gasteiger partial charge in [-0.05, 0) is 19.1 Å². The normalized spacial score (nSPS) is 10.1. The van der Waals surface area contributed by atoms with Gasteiger partial charge in [-0.1, -0.05) is 0 Å². The van der Waals surface area contributed by atoms with Gasteiger partial charge in [0, 0.05) is 31.3 Å². The van der Waals surface area contributed by atoms with Crippen LogP contribution in [0.25, 0.3) is 0 Å². The molecule has 0 bridgehead atoms. The van der Waals surface area contributed by atoms with Gasteiger partial charge in [0.2, 0.25) is 0 Å². The van der Waals surface area contributed by atoms with Crippen molar-refractivity contribution in [3.05, 3.63) is 42.0 Å². The Kier molecular flexibility index (Phi) is 2.68. The lowest BCUT2D eigenvalue weighted by Crippen LogP contribution is -2.12. The molecular weight excluding hydrogens is 204 g/mol. The van der Waals surface area contributed by atoms with Crippen LogP contribution < -0.4 is 5.32 Å². The number of hydrogen-bond donors (Lipinski definition) is 1. The number of rotatable bonds is 2. The summed E-state index contributed by atoms with van der Waals surface area (Å²) in [6, 6.07) is 3.48. The number of carbonyl (C=O) groups is 1. The van der Waals surface area contributed by atoms with Crippen LogP contribution in [0.15, 0.2) is 30.7 Å². The number of aromatic nitrogens is 3. The Labute approximate surface area is 93.1 Å². The van der Waals surface area contributed by atoms with Crippen molar-refractivity contribution in [2.24, 2.45) is 7.05 Å². The van der Waals surface area contributed by atoms with Gasteiger partial charge < -0.3 is 5.32 Å². The number of anilines is 1. The van der Waals surface area contributed by atoms with E-state index in [2.05, 4.69) is 15.4 Å². The summed E-state index contributed by atoms with van der Waals surface area (Å²) in [6.45, 7) is 1.81. The summed E-state index contributed by atoms with van der Waals surface area (Å²) in [5, 5.41) is 6.90. The molecule has 2 aromatic rings. The van der Waals surface area contributed by atoms with E-state index < -0.39 is 0 Å². The van der Waals surface area contributed by atoms with E-state index in [4.69, 9.17) is 0 Å². The van der Waals surface area contributed by atoms with Gasteiger partial charge in [-0.15, -0.1) is 0 Å². The van der Waals surface area contributed by atoms with Crippen LogP contribution in [-0.4, -0.2) is 20.7 Å². The minimum absolute atomic E-state index is 0.156. The number of aryl methyl sites for hydroxylation is 2. The van der Waals surface area contributed by atoms with Crippen molar-refractivity contribution >= 4 is 11.6 Å². The van der Waals surface area contributed by atoms with Gasteiger partial charge >= 0.3 is 0 Å². The summed E-state index contributed by atoms with van der Waals surface area (Å²) >= 11 is 0. The molecule has 0 unspecified atom stereocenters. The molecule has 0 aliphatic carbocycles. The smallest absolute Gasteiger partial charge is 0.259 e. The lowest BCUT2D eigenvalue weighted by atomic mass is 10.2. The Bertz CT molecular complexity index is 504. The molecule has 16 heavy (non-hydrogen) atoms. The van der Waals surface area contributed by atoms with Gasteiger partial charge in [0.25, 0.3) is 5.91 Å². The van der Waals surface area contributed by atoms with Crippen LogP contribution in [0.5, 0.6) is 0 Å². The third-order valence-corrected chi connectivity index (χ3v) is 2.20. The molecule has 5 nitrogen and oxygen atoms in total.